The molecule has 0 spiro atoms. The van der Waals surface area contributed by atoms with Crippen molar-refractivity contribution in [2.45, 2.75) is 19.9 Å². The van der Waals surface area contributed by atoms with Crippen LogP contribution in [0.2, 0.25) is 0 Å². The van der Waals surface area contributed by atoms with Gasteiger partial charge in [-0.25, -0.2) is 0 Å². The summed E-state index contributed by atoms with van der Waals surface area (Å²) in [7, 11) is -6.75. The zero-order valence-corrected chi connectivity index (χ0v) is 14.2. The van der Waals surface area contributed by atoms with Gasteiger partial charge in [0.25, 0.3) is 0 Å². The van der Waals surface area contributed by atoms with Crippen molar-refractivity contribution in [1.82, 2.24) is 20.2 Å². The molecule has 140 valence electrons. The van der Waals surface area contributed by atoms with Gasteiger partial charge in [0, 0.05) is 14.1 Å². The van der Waals surface area contributed by atoms with Crippen LogP contribution < -0.4 is 10.1 Å². The number of para-hydroxylation sites is 1. The summed E-state index contributed by atoms with van der Waals surface area (Å²) < 4.78 is 59.2. The molecule has 1 unspecified atom stereocenters. The van der Waals surface area contributed by atoms with E-state index in [4.69, 9.17) is 4.94 Å². The van der Waals surface area contributed by atoms with Crippen molar-refractivity contribution < 1.29 is 35.3 Å². The first-order valence-corrected chi connectivity index (χ1v) is 8.67. The Bertz CT molecular complexity index is 667. The normalized spacial score (nSPS) is 16.3. The summed E-state index contributed by atoms with van der Waals surface area (Å²) in [5.74, 6) is 0. The Kier molecular flexibility index (Phi) is 5.11. The number of halogens is 6. The van der Waals surface area contributed by atoms with Crippen LogP contribution in [0.3, 0.4) is 0 Å². The summed E-state index contributed by atoms with van der Waals surface area (Å²) in [4.78, 5) is 7.24. The molecule has 0 amide bonds. The second kappa shape index (κ2) is 6.01. The number of aromatic nitrogens is 3. The van der Waals surface area contributed by atoms with Gasteiger partial charge in [-0.15, -0.1) is 10.1 Å². The Hall–Kier alpha value is -1.65. The van der Waals surface area contributed by atoms with Crippen molar-refractivity contribution in [2.24, 2.45) is 0 Å². The molecule has 1 atom stereocenters. The average Bonchev–Trinajstić information content (AvgIpc) is 2.74. The zero-order valence-electron chi connectivity index (χ0n) is 13.3. The van der Waals surface area contributed by atoms with E-state index in [2.05, 4.69) is 24.2 Å². The molecule has 0 aliphatic carbocycles. The third-order valence-corrected chi connectivity index (χ3v) is 2.44. The van der Waals surface area contributed by atoms with Crippen LogP contribution in [0.25, 0.3) is 11.0 Å². The number of hydrogen-bond donors (Lipinski definition) is 1. The quantitative estimate of drug-likeness (QED) is 0.503. The standard InChI is InChI=1S/C11H17N5O.F6P/c1-9(2)16(14(3)4)17-15-11-8-6-5-7-10(11)12-13-15;1-7(2,3,4,5)6/h5-9H,1-4H3;/q;-1/p+1. The van der Waals surface area contributed by atoms with Crippen molar-refractivity contribution >= 4 is 18.8 Å². The molecule has 6 nitrogen and oxygen atoms in total. The van der Waals surface area contributed by atoms with Crippen LogP contribution >= 0.6 is 7.81 Å². The van der Waals surface area contributed by atoms with E-state index in [1.54, 1.807) is 0 Å². The van der Waals surface area contributed by atoms with E-state index in [1.807, 2.05) is 43.4 Å². The number of hydrogen-bond acceptors (Lipinski definition) is 4. The van der Waals surface area contributed by atoms with E-state index >= 15 is 0 Å². The van der Waals surface area contributed by atoms with Gasteiger partial charge in [-0.3, -0.25) is 0 Å². The summed E-state index contributed by atoms with van der Waals surface area (Å²) in [5, 5.41) is 10.8. The maximum atomic E-state index is 9.87. The van der Waals surface area contributed by atoms with E-state index in [1.165, 1.54) is 4.85 Å². The van der Waals surface area contributed by atoms with Gasteiger partial charge in [0.2, 0.25) is 0 Å². The van der Waals surface area contributed by atoms with E-state index in [0.29, 0.717) is 0 Å². The molecule has 24 heavy (non-hydrogen) atoms. The van der Waals surface area contributed by atoms with Gasteiger partial charge in [-0.05, 0) is 41.2 Å². The van der Waals surface area contributed by atoms with Gasteiger partial charge < -0.3 is 0 Å². The second-order valence-electron chi connectivity index (χ2n) is 5.39. The van der Waals surface area contributed by atoms with Gasteiger partial charge in [0.15, 0.2) is 0 Å². The van der Waals surface area contributed by atoms with E-state index < -0.39 is 7.81 Å². The third kappa shape index (κ3) is 8.27. The molecular weight excluding hydrogens is 363 g/mol. The molecule has 0 aliphatic rings. The fourth-order valence-corrected chi connectivity index (χ4v) is 1.71. The van der Waals surface area contributed by atoms with Crippen LogP contribution in [-0.4, -0.2) is 40.3 Å². The summed E-state index contributed by atoms with van der Waals surface area (Å²) in [5.41, 5.74) is 1.70. The zero-order chi connectivity index (χ0) is 18.8. The number of fused-ring (bicyclic) bond motifs is 1. The number of nitrogens with zero attached hydrogens (tertiary/aromatic N) is 4. The number of quaternary nitrogens is 1. The van der Waals surface area contributed by atoms with Crippen LogP contribution in [0.5, 0.6) is 0 Å². The molecule has 1 aromatic heterocycles. The topological polar surface area (TPSA) is 47.6 Å². The van der Waals surface area contributed by atoms with Gasteiger partial charge in [-0.1, -0.05) is 12.1 Å². The van der Waals surface area contributed by atoms with Crippen molar-refractivity contribution in [2.75, 3.05) is 14.1 Å². The molecule has 0 aliphatic heterocycles. The molecule has 1 heterocycles. The Morgan fingerprint density at radius 3 is 2.04 bits per heavy atom. The minimum atomic E-state index is -10.7. The first-order chi connectivity index (χ1) is 10.5. The Labute approximate surface area is 133 Å². The minimum absolute atomic E-state index is 0.285. The van der Waals surface area contributed by atoms with Crippen LogP contribution in [-0.2, 0) is 0 Å². The number of hydroxylamine groups is 1. The monoisotopic (exact) mass is 381 g/mol. The molecule has 0 radical (unpaired) electrons. The first-order valence-electron chi connectivity index (χ1n) is 6.64. The molecule has 0 fully saturated rings. The molecular formula is C11H18F6N5OP. The van der Waals surface area contributed by atoms with E-state index in [9.17, 15) is 25.2 Å². The summed E-state index contributed by atoms with van der Waals surface area (Å²) in [6.07, 6.45) is 0. The molecule has 1 aromatic carbocycles. The van der Waals surface area contributed by atoms with E-state index in [0.717, 1.165) is 16.2 Å². The number of benzene rings is 1. The van der Waals surface area contributed by atoms with Gasteiger partial charge in [0.1, 0.15) is 17.1 Å². The fourth-order valence-electron chi connectivity index (χ4n) is 1.71. The summed E-state index contributed by atoms with van der Waals surface area (Å²) >= 11 is 0. The summed E-state index contributed by atoms with van der Waals surface area (Å²) in [6, 6.07) is 8.00. The van der Waals surface area contributed by atoms with Crippen molar-refractivity contribution in [3.63, 3.8) is 0 Å². The van der Waals surface area contributed by atoms with Crippen LogP contribution in [0.4, 0.5) is 25.2 Å². The van der Waals surface area contributed by atoms with Crippen LogP contribution in [0, 0.1) is 0 Å². The maximum absolute atomic E-state index is 10.7. The van der Waals surface area contributed by atoms with Crippen LogP contribution in [0.15, 0.2) is 24.3 Å². The fraction of sp³-hybridized carbons (Fsp3) is 0.455. The molecule has 0 saturated carbocycles. The van der Waals surface area contributed by atoms with Gasteiger partial charge in [-0.2, -0.15) is 4.94 Å². The Morgan fingerprint density at radius 1 is 1.08 bits per heavy atom. The summed E-state index contributed by atoms with van der Waals surface area (Å²) in [6.45, 7) is 4.16. The van der Waals surface area contributed by atoms with Crippen molar-refractivity contribution in [1.29, 1.82) is 0 Å². The van der Waals surface area contributed by atoms with Gasteiger partial charge in [0.05, 0.1) is 0 Å². The Morgan fingerprint density at radius 2 is 1.58 bits per heavy atom. The van der Waals surface area contributed by atoms with Crippen molar-refractivity contribution in [3.8, 4) is 0 Å². The number of nitrogens with one attached hydrogen (secondary N) is 1. The number of rotatable bonds is 4. The third-order valence-electron chi connectivity index (χ3n) is 2.44. The predicted molar refractivity (Wildman–Crippen MR) is 77.5 cm³/mol. The molecule has 13 heteroatoms. The molecule has 1 N–H and O–H groups in total. The molecule has 2 aromatic rings. The molecule has 0 bridgehead atoms. The SMILES string of the molecule is CC(C)[NH+](On1nnc2ccccc21)N(C)C.F[P-](F)(F)(F)(F)F. The van der Waals surface area contributed by atoms with Crippen LogP contribution in [0.1, 0.15) is 13.8 Å². The first kappa shape index (κ1) is 20.4. The van der Waals surface area contributed by atoms with E-state index in [-0.39, 0.29) is 6.04 Å². The molecule has 2 rings (SSSR count). The Balaban J connectivity index is 0.000000351. The second-order valence-corrected chi connectivity index (χ2v) is 7.30. The predicted octanol–water partition coefficient (Wildman–Crippen LogP) is 2.93. The molecule has 0 saturated heterocycles. The average molecular weight is 381 g/mol. The van der Waals surface area contributed by atoms with Gasteiger partial charge >= 0.3 is 33.0 Å². The van der Waals surface area contributed by atoms with Crippen molar-refractivity contribution in [3.05, 3.63) is 24.3 Å².